The van der Waals surface area contributed by atoms with E-state index in [9.17, 15) is 13.6 Å². The molecule has 6 nitrogen and oxygen atoms in total. The fraction of sp³-hybridized carbons (Fsp3) is 0.520. The van der Waals surface area contributed by atoms with Gasteiger partial charge in [0.25, 0.3) is 0 Å². The zero-order chi connectivity index (χ0) is 23.1. The van der Waals surface area contributed by atoms with Crippen LogP contribution in [0.4, 0.5) is 8.78 Å². The minimum atomic E-state index is -0.634. The number of hydrogen-bond acceptors (Lipinski definition) is 4. The molecule has 1 atom stereocenters. The average molecular weight is 452 g/mol. The van der Waals surface area contributed by atoms with Gasteiger partial charge in [0.05, 0.1) is 17.8 Å². The molecule has 33 heavy (non-hydrogen) atoms. The van der Waals surface area contributed by atoms with Gasteiger partial charge in [-0.25, -0.2) is 18.8 Å². The number of hydrogen-bond donors (Lipinski definition) is 0. The van der Waals surface area contributed by atoms with Gasteiger partial charge in [0.15, 0.2) is 5.69 Å². The second-order valence-electron chi connectivity index (χ2n) is 9.99. The van der Waals surface area contributed by atoms with Gasteiger partial charge in [-0.1, -0.05) is 19.3 Å². The lowest BCUT2D eigenvalue weighted by atomic mass is 9.33. The molecule has 0 radical (unpaired) electrons. The van der Waals surface area contributed by atoms with E-state index in [0.29, 0.717) is 23.1 Å². The molecule has 2 heterocycles. The Balaban J connectivity index is 1.06. The molecule has 3 fully saturated rings. The first-order valence-corrected chi connectivity index (χ1v) is 11.7. The van der Waals surface area contributed by atoms with E-state index in [4.69, 9.17) is 5.26 Å². The molecule has 1 aromatic carbocycles. The normalized spacial score (nSPS) is 27.2. The summed E-state index contributed by atoms with van der Waals surface area (Å²) in [5, 5.41) is 14.5. The van der Waals surface area contributed by atoms with Crippen molar-refractivity contribution < 1.29 is 13.6 Å². The van der Waals surface area contributed by atoms with E-state index in [1.807, 2.05) is 10.6 Å². The van der Waals surface area contributed by atoms with Gasteiger partial charge in [-0.15, -0.1) is 0 Å². The summed E-state index contributed by atoms with van der Waals surface area (Å²) >= 11 is 0. The molecule has 2 bridgehead atoms. The van der Waals surface area contributed by atoms with Gasteiger partial charge < -0.3 is 4.57 Å². The lowest BCUT2D eigenvalue weighted by Gasteiger charge is -2.70. The van der Waals surface area contributed by atoms with Gasteiger partial charge in [0, 0.05) is 31.4 Å². The summed E-state index contributed by atoms with van der Waals surface area (Å²) in [4.78, 5) is 17.3. The summed E-state index contributed by atoms with van der Waals surface area (Å²) < 4.78 is 29.3. The fourth-order valence-corrected chi connectivity index (χ4v) is 6.08. The van der Waals surface area contributed by atoms with E-state index >= 15 is 0 Å². The first-order chi connectivity index (χ1) is 15.9. The topological polar surface area (TPSA) is 74.3 Å². The van der Waals surface area contributed by atoms with Gasteiger partial charge in [0.1, 0.15) is 17.7 Å². The van der Waals surface area contributed by atoms with E-state index in [0.717, 1.165) is 64.0 Å². The number of benzene rings is 1. The quantitative estimate of drug-likeness (QED) is 0.497. The Bertz CT molecular complexity index is 1090. The Labute approximate surface area is 191 Å². The monoisotopic (exact) mass is 451 g/mol. The maximum Gasteiger partial charge on any atom is 0.249 e. The van der Waals surface area contributed by atoms with Crippen LogP contribution in [0, 0.1) is 33.8 Å². The highest BCUT2D eigenvalue weighted by Gasteiger charge is 2.71. The summed E-state index contributed by atoms with van der Waals surface area (Å²) in [6.07, 6.45) is 14.0. The van der Waals surface area contributed by atoms with Crippen LogP contribution < -0.4 is 0 Å². The lowest BCUT2D eigenvalue weighted by molar-refractivity contribution is -0.220. The van der Waals surface area contributed by atoms with Crippen LogP contribution in [0.25, 0.3) is 0 Å². The molecular formula is C25H27F2N5O. The van der Waals surface area contributed by atoms with Crippen LogP contribution in [0.15, 0.2) is 35.8 Å². The van der Waals surface area contributed by atoms with E-state index in [1.165, 1.54) is 17.1 Å². The van der Waals surface area contributed by atoms with Crippen molar-refractivity contribution >= 4 is 12.1 Å². The van der Waals surface area contributed by atoms with Crippen LogP contribution in [0.3, 0.4) is 0 Å². The molecule has 1 amide bonds. The highest BCUT2D eigenvalue weighted by molar-refractivity contribution is 5.88. The van der Waals surface area contributed by atoms with E-state index < -0.39 is 17.7 Å². The maximum atomic E-state index is 13.7. The Morgan fingerprint density at radius 3 is 2.55 bits per heavy atom. The molecule has 0 spiro atoms. The number of nitrogens with zero attached hydrogens (tertiary/aromatic N) is 5. The summed E-state index contributed by atoms with van der Waals surface area (Å²) in [6, 6.07) is 5.05. The summed E-state index contributed by atoms with van der Waals surface area (Å²) in [5.41, 5.74) is 0.882. The Morgan fingerprint density at radius 2 is 1.85 bits per heavy atom. The third kappa shape index (κ3) is 4.05. The number of amides is 1. The summed E-state index contributed by atoms with van der Waals surface area (Å²) in [7, 11) is 0. The van der Waals surface area contributed by atoms with Crippen LogP contribution in [-0.2, 0) is 11.3 Å². The van der Waals surface area contributed by atoms with Crippen LogP contribution in [0.1, 0.15) is 75.1 Å². The molecule has 0 N–H and O–H groups in total. The molecule has 172 valence electrons. The smallest absolute Gasteiger partial charge is 0.249 e. The predicted octanol–water partition coefficient (Wildman–Crippen LogP) is 5.11. The molecule has 1 aliphatic heterocycles. The molecule has 3 aliphatic carbocycles. The minimum absolute atomic E-state index is 0.00450. The van der Waals surface area contributed by atoms with Gasteiger partial charge in [-0.05, 0) is 55.2 Å². The molecule has 2 aromatic rings. The number of carbonyl (C=O) groups excluding carboxylic acids is 1. The number of nitriles is 1. The number of imidazole rings is 1. The molecule has 6 rings (SSSR count). The van der Waals surface area contributed by atoms with Crippen molar-refractivity contribution in [1.29, 1.82) is 5.26 Å². The van der Waals surface area contributed by atoms with Crippen molar-refractivity contribution in [3.8, 4) is 6.07 Å². The van der Waals surface area contributed by atoms with Crippen LogP contribution >= 0.6 is 0 Å². The molecule has 1 aromatic heterocycles. The van der Waals surface area contributed by atoms with E-state index in [-0.39, 0.29) is 11.3 Å². The third-order valence-corrected chi connectivity index (χ3v) is 7.52. The SMILES string of the molecule is N#Cc1cn(CCCCCCC23CC(C(=O)N4N=CCC4c4cc(F)cc(F)c4)(C2)C3)cn1. The second-order valence-corrected chi connectivity index (χ2v) is 9.99. The van der Waals surface area contributed by atoms with Crippen LogP contribution in [-0.4, -0.2) is 26.7 Å². The largest absolute Gasteiger partial charge is 0.336 e. The number of unbranched alkanes of at least 4 members (excludes halogenated alkanes) is 3. The van der Waals surface area contributed by atoms with Crippen molar-refractivity contribution in [3.63, 3.8) is 0 Å². The van der Waals surface area contributed by atoms with Gasteiger partial charge in [-0.3, -0.25) is 4.79 Å². The highest BCUT2D eigenvalue weighted by Crippen LogP contribution is 2.76. The van der Waals surface area contributed by atoms with Crippen molar-refractivity contribution in [3.05, 3.63) is 53.6 Å². The van der Waals surface area contributed by atoms with Crippen molar-refractivity contribution in [1.82, 2.24) is 14.6 Å². The predicted molar refractivity (Wildman–Crippen MR) is 118 cm³/mol. The number of aromatic nitrogens is 2. The minimum Gasteiger partial charge on any atom is -0.336 e. The van der Waals surface area contributed by atoms with E-state index in [2.05, 4.69) is 10.1 Å². The summed E-state index contributed by atoms with van der Waals surface area (Å²) in [5.74, 6) is -1.26. The number of halogens is 2. The zero-order valence-electron chi connectivity index (χ0n) is 18.5. The van der Waals surface area contributed by atoms with Crippen LogP contribution in [0.2, 0.25) is 0 Å². The van der Waals surface area contributed by atoms with Gasteiger partial charge in [-0.2, -0.15) is 10.4 Å². The Kier molecular flexibility index (Phi) is 5.51. The number of hydrazone groups is 1. The fourth-order valence-electron chi connectivity index (χ4n) is 6.08. The van der Waals surface area contributed by atoms with Crippen molar-refractivity contribution in [2.45, 2.75) is 70.4 Å². The van der Waals surface area contributed by atoms with Crippen molar-refractivity contribution in [2.75, 3.05) is 0 Å². The number of carbonyl (C=O) groups is 1. The molecule has 0 saturated heterocycles. The maximum absolute atomic E-state index is 13.7. The third-order valence-electron chi connectivity index (χ3n) is 7.52. The standard InChI is InChI=1S/C25H27F2N5O/c26-19-9-18(10-20(27)11-19)22-5-7-30-32(22)23(33)25-14-24(15-25,16-25)6-3-1-2-4-8-31-13-21(12-28)29-17-31/h7,9-11,13,17,22H,1-6,8,14-16H2. The molecule has 4 aliphatic rings. The molecule has 1 unspecified atom stereocenters. The first-order valence-electron chi connectivity index (χ1n) is 11.7. The Hall–Kier alpha value is -3.08. The molecule has 8 heteroatoms. The highest BCUT2D eigenvalue weighted by atomic mass is 19.1. The van der Waals surface area contributed by atoms with Crippen molar-refractivity contribution in [2.24, 2.45) is 15.9 Å². The lowest BCUT2D eigenvalue weighted by Crippen LogP contribution is -2.67. The summed E-state index contributed by atoms with van der Waals surface area (Å²) in [6.45, 7) is 0.879. The average Bonchev–Trinajstić information content (AvgIpc) is 3.39. The van der Waals surface area contributed by atoms with E-state index in [1.54, 1.807) is 18.7 Å². The van der Waals surface area contributed by atoms with Gasteiger partial charge in [0.2, 0.25) is 5.91 Å². The van der Waals surface area contributed by atoms with Crippen LogP contribution in [0.5, 0.6) is 0 Å². The van der Waals surface area contributed by atoms with Gasteiger partial charge >= 0.3 is 0 Å². The zero-order valence-corrected chi connectivity index (χ0v) is 18.5. The Morgan fingerprint density at radius 1 is 1.12 bits per heavy atom. The number of aryl methyl sites for hydroxylation is 1. The molecule has 3 saturated carbocycles. The number of rotatable bonds is 9. The molecular weight excluding hydrogens is 424 g/mol. The first kappa shape index (κ1) is 21.7. The second kappa shape index (κ2) is 8.36.